The smallest absolute Gasteiger partial charge is 0.284 e. The zero-order valence-electron chi connectivity index (χ0n) is 8.62. The summed E-state index contributed by atoms with van der Waals surface area (Å²) in [5.74, 6) is 0. The lowest BCUT2D eigenvalue weighted by molar-refractivity contribution is 0.430. The summed E-state index contributed by atoms with van der Waals surface area (Å²) >= 11 is 0. The molecule has 0 fully saturated rings. The van der Waals surface area contributed by atoms with Crippen molar-refractivity contribution in [3.63, 3.8) is 0 Å². The molecule has 0 aliphatic rings. The Labute approximate surface area is 89.9 Å². The van der Waals surface area contributed by atoms with E-state index in [0.717, 1.165) is 23.5 Å². The Bertz CT molecular complexity index is 110. The lowest BCUT2D eigenvalue weighted by Crippen LogP contribution is -2.23. The molecule has 0 aromatic heterocycles. The molecule has 0 spiro atoms. The first-order chi connectivity index (χ1) is 6.35. The van der Waals surface area contributed by atoms with Gasteiger partial charge in [0.2, 0.25) is 0 Å². The minimum absolute atomic E-state index is 0.652. The Balaban J connectivity index is 3.25. The largest absolute Gasteiger partial charge is 0.449 e. The summed E-state index contributed by atoms with van der Waals surface area (Å²) in [5.41, 5.74) is 5.45. The van der Waals surface area contributed by atoms with E-state index in [1.807, 2.05) is 0 Å². The molecule has 0 heterocycles. The summed E-state index contributed by atoms with van der Waals surface area (Å²) in [5, 5.41) is 0. The molecule has 0 aromatic carbocycles. The molecule has 0 aromatic rings. The molecule has 0 amide bonds. The molecule has 0 saturated heterocycles. The minimum atomic E-state index is -0.939. The Hall–Kier alpha value is 0.708. The monoisotopic (exact) mass is 255 g/mol. The predicted molar refractivity (Wildman–Crippen MR) is 66.4 cm³/mol. The summed E-state index contributed by atoms with van der Waals surface area (Å²) in [7, 11) is -1.49. The summed E-state index contributed by atoms with van der Waals surface area (Å²) in [4.78, 5) is 0. The van der Waals surface area contributed by atoms with Crippen LogP contribution in [-0.2, 0) is 12.3 Å². The summed E-state index contributed by atoms with van der Waals surface area (Å²) < 4.78 is 16.2. The fraction of sp³-hybridized carbons (Fsp3) is 1.00. The van der Waals surface area contributed by atoms with E-state index in [2.05, 4.69) is 6.92 Å². The van der Waals surface area contributed by atoms with Crippen molar-refractivity contribution in [1.29, 1.82) is 0 Å². The highest BCUT2D eigenvalue weighted by Crippen LogP contribution is 2.02. The van der Waals surface area contributed by atoms with Crippen molar-refractivity contribution in [2.24, 2.45) is 5.73 Å². The maximum absolute atomic E-state index is 5.77. The maximum atomic E-state index is 5.77. The zero-order chi connectivity index (χ0) is 9.94. The third-order valence-corrected chi connectivity index (χ3v) is 8.44. The van der Waals surface area contributed by atoms with E-state index >= 15 is 0 Å². The van der Waals surface area contributed by atoms with Gasteiger partial charge in [-0.2, -0.15) is 0 Å². The number of rotatable bonds is 9. The van der Waals surface area contributed by atoms with E-state index in [-0.39, 0.29) is 0 Å². The van der Waals surface area contributed by atoms with Crippen molar-refractivity contribution in [3.8, 4) is 0 Å². The maximum Gasteiger partial charge on any atom is 0.284 e. The van der Waals surface area contributed by atoms with Crippen LogP contribution in [0.15, 0.2) is 0 Å². The van der Waals surface area contributed by atoms with Gasteiger partial charge in [0.15, 0.2) is 9.04 Å². The molecule has 2 N–H and O–H groups in total. The van der Waals surface area contributed by atoms with Crippen LogP contribution in [0.5, 0.6) is 0 Å². The molecule has 13 heavy (non-hydrogen) atoms. The molecule has 0 bridgehead atoms. The first-order valence-corrected chi connectivity index (χ1v) is 9.96. The molecule has 0 aliphatic carbocycles. The molecule has 1 unspecified atom stereocenters. The zero-order valence-corrected chi connectivity index (χ0v) is 14.6. The lowest BCUT2D eigenvalue weighted by atomic mass is 10.5. The van der Waals surface area contributed by atoms with Crippen LogP contribution in [0.2, 0.25) is 12.1 Å². The second kappa shape index (κ2) is 10.8. The van der Waals surface area contributed by atoms with Gasteiger partial charge in [0.25, 0.3) is 20.0 Å². The fourth-order valence-corrected chi connectivity index (χ4v) is 8.18. The van der Waals surface area contributed by atoms with Crippen LogP contribution < -0.4 is 5.73 Å². The first-order valence-electron chi connectivity index (χ1n) is 4.73. The number of nitrogens with two attached hydrogens (primary N) is 1. The van der Waals surface area contributed by atoms with Crippen LogP contribution >= 0.6 is 0 Å². The van der Waals surface area contributed by atoms with Crippen LogP contribution in [0.3, 0.4) is 0 Å². The average Bonchev–Trinajstić information content (AvgIpc) is 2.17. The highest BCUT2D eigenvalue weighted by Gasteiger charge is 2.07. The van der Waals surface area contributed by atoms with Gasteiger partial charge in [0.05, 0.1) is 0 Å². The van der Waals surface area contributed by atoms with Crippen LogP contribution in [0.25, 0.3) is 0 Å². The quantitative estimate of drug-likeness (QED) is 0.363. The van der Waals surface area contributed by atoms with Crippen molar-refractivity contribution in [3.05, 3.63) is 0 Å². The molecule has 0 rings (SSSR count). The van der Waals surface area contributed by atoms with E-state index in [4.69, 9.17) is 18.1 Å². The van der Waals surface area contributed by atoms with Crippen molar-refractivity contribution >= 4 is 39.5 Å². The predicted octanol–water partition coefficient (Wildman–Crippen LogP) is -2.59. The van der Waals surface area contributed by atoms with E-state index in [9.17, 15) is 0 Å². The molecule has 0 saturated carbocycles. The average molecular weight is 256 g/mol. The third-order valence-electron chi connectivity index (χ3n) is 1.77. The van der Waals surface area contributed by atoms with Crippen LogP contribution in [0, 0.1) is 0 Å². The second-order valence-corrected chi connectivity index (χ2v) is 11.2. The summed E-state index contributed by atoms with van der Waals surface area (Å²) in [6, 6.07) is 2.40. The Morgan fingerprint density at radius 1 is 1.46 bits per heavy atom. The molecular weight excluding hydrogens is 234 g/mol. The van der Waals surface area contributed by atoms with Gasteiger partial charge in [-0.15, -0.1) is 0 Å². The Morgan fingerprint density at radius 2 is 2.23 bits per heavy atom. The Kier molecular flexibility index (Phi) is 11.4. The van der Waals surface area contributed by atoms with Crippen molar-refractivity contribution in [2.45, 2.75) is 25.4 Å². The molecule has 1 atom stereocenters. The summed E-state index contributed by atoms with van der Waals surface area (Å²) in [6.07, 6.45) is 1.10. The van der Waals surface area contributed by atoms with Gasteiger partial charge < -0.3 is 18.1 Å². The Morgan fingerprint density at radius 3 is 2.77 bits per heavy atom. The first kappa shape index (κ1) is 13.7. The molecular formula is C5H21NO3Si4. The van der Waals surface area contributed by atoms with Crippen molar-refractivity contribution in [2.75, 3.05) is 6.54 Å². The molecule has 0 radical (unpaired) electrons. The van der Waals surface area contributed by atoms with E-state index in [0.29, 0.717) is 0 Å². The summed E-state index contributed by atoms with van der Waals surface area (Å²) in [6.45, 7) is 2.98. The van der Waals surface area contributed by atoms with Gasteiger partial charge in [0.1, 0.15) is 10.5 Å². The fourth-order valence-electron chi connectivity index (χ4n) is 1.01. The standard InChI is InChI=1S/C5H21NO3Si4/c1-2-13(5-3-4-6)9-12-8-11-7-10/h13H,2-6,11-12H2,1,10H3. The topological polar surface area (TPSA) is 53.7 Å². The van der Waals surface area contributed by atoms with Crippen LogP contribution in [0.1, 0.15) is 13.3 Å². The van der Waals surface area contributed by atoms with Gasteiger partial charge in [-0.3, -0.25) is 0 Å². The van der Waals surface area contributed by atoms with Crippen molar-refractivity contribution in [1.82, 2.24) is 0 Å². The molecule has 4 nitrogen and oxygen atoms in total. The van der Waals surface area contributed by atoms with Gasteiger partial charge in [-0.05, 0) is 25.1 Å². The van der Waals surface area contributed by atoms with Crippen LogP contribution in [-0.4, -0.2) is 46.1 Å². The molecule has 80 valence electrons. The van der Waals surface area contributed by atoms with Crippen molar-refractivity contribution < 1.29 is 12.3 Å². The van der Waals surface area contributed by atoms with E-state index < -0.39 is 29.1 Å². The second-order valence-electron chi connectivity index (χ2n) is 2.86. The lowest BCUT2D eigenvalue weighted by Gasteiger charge is -2.13. The van der Waals surface area contributed by atoms with Gasteiger partial charge in [-0.25, -0.2) is 0 Å². The van der Waals surface area contributed by atoms with E-state index in [1.165, 1.54) is 12.1 Å². The van der Waals surface area contributed by atoms with Gasteiger partial charge >= 0.3 is 0 Å². The third kappa shape index (κ3) is 9.02. The molecule has 0 aliphatic heterocycles. The van der Waals surface area contributed by atoms with Gasteiger partial charge in [0, 0.05) is 0 Å². The number of hydrogen-bond donors (Lipinski definition) is 1. The SMILES string of the molecule is CC[SiH](CCCN)O[SiH2]O[SiH2]O[SiH3]. The van der Waals surface area contributed by atoms with E-state index in [1.54, 1.807) is 0 Å². The highest BCUT2D eigenvalue weighted by molar-refractivity contribution is 6.58. The van der Waals surface area contributed by atoms with Crippen LogP contribution in [0.4, 0.5) is 0 Å². The minimum Gasteiger partial charge on any atom is -0.449 e. The molecule has 8 heteroatoms. The van der Waals surface area contributed by atoms with Gasteiger partial charge in [-0.1, -0.05) is 6.92 Å². The number of hydrogen-bond acceptors (Lipinski definition) is 4. The highest BCUT2D eigenvalue weighted by atomic mass is 28.4. The normalized spacial score (nSPS) is 15.2.